The molecule has 0 fully saturated rings. The third kappa shape index (κ3) is 1.39. The molecule has 5 heteroatoms. The Morgan fingerprint density at radius 2 is 2.25 bits per heavy atom. The van der Waals surface area contributed by atoms with Crippen molar-refractivity contribution in [3.05, 3.63) is 24.0 Å². The van der Waals surface area contributed by atoms with Gasteiger partial charge in [0.1, 0.15) is 5.52 Å². The summed E-state index contributed by atoms with van der Waals surface area (Å²) in [6, 6.07) is 1.95. The zero-order chi connectivity index (χ0) is 7.68. The maximum atomic E-state index is 5.44. The molecule has 2 heterocycles. The van der Waals surface area contributed by atoms with E-state index in [9.17, 15) is 0 Å². The fraction of sp³-hybridized carbons (Fsp3) is 0.143. The van der Waals surface area contributed by atoms with Crippen LogP contribution in [0.1, 0.15) is 5.56 Å². The van der Waals surface area contributed by atoms with Gasteiger partial charge in [-0.3, -0.25) is 10.1 Å². The lowest BCUT2D eigenvalue weighted by Gasteiger charge is -1.93. The van der Waals surface area contributed by atoms with E-state index >= 15 is 0 Å². The van der Waals surface area contributed by atoms with E-state index in [1.807, 2.05) is 6.07 Å². The van der Waals surface area contributed by atoms with E-state index in [-0.39, 0.29) is 12.4 Å². The lowest BCUT2D eigenvalue weighted by Crippen LogP contribution is -1.96. The Kier molecular flexibility index (Phi) is 2.62. The van der Waals surface area contributed by atoms with Crippen LogP contribution in [0.2, 0.25) is 0 Å². The third-order valence-electron chi connectivity index (χ3n) is 1.58. The molecule has 0 atom stereocenters. The van der Waals surface area contributed by atoms with Gasteiger partial charge in [-0.05, 0) is 11.6 Å². The summed E-state index contributed by atoms with van der Waals surface area (Å²) >= 11 is 0. The Bertz CT molecular complexity index is 370. The maximum absolute atomic E-state index is 5.44. The molecule has 0 bridgehead atoms. The van der Waals surface area contributed by atoms with Gasteiger partial charge in [0.15, 0.2) is 0 Å². The summed E-state index contributed by atoms with van der Waals surface area (Å²) in [7, 11) is 0. The first kappa shape index (κ1) is 8.96. The minimum absolute atomic E-state index is 0. The molecule has 0 aliphatic heterocycles. The molecular formula is C7H9ClN4. The Labute approximate surface area is 75.6 Å². The van der Waals surface area contributed by atoms with Gasteiger partial charge in [0.05, 0.1) is 11.7 Å². The summed E-state index contributed by atoms with van der Waals surface area (Å²) in [6.45, 7) is 0.516. The molecule has 2 aromatic heterocycles. The van der Waals surface area contributed by atoms with E-state index in [1.54, 1.807) is 12.4 Å². The number of H-pyrrole nitrogens is 1. The van der Waals surface area contributed by atoms with E-state index in [2.05, 4.69) is 15.2 Å². The molecule has 12 heavy (non-hydrogen) atoms. The summed E-state index contributed by atoms with van der Waals surface area (Å²) in [5.41, 5.74) is 8.27. The minimum atomic E-state index is 0. The maximum Gasteiger partial charge on any atom is 0.108 e. The van der Waals surface area contributed by atoms with Crippen molar-refractivity contribution >= 4 is 23.4 Å². The van der Waals surface area contributed by atoms with Crippen molar-refractivity contribution in [2.75, 3.05) is 0 Å². The lowest BCUT2D eigenvalue weighted by atomic mass is 10.2. The van der Waals surface area contributed by atoms with E-state index < -0.39 is 0 Å². The average Bonchev–Trinajstić information content (AvgIpc) is 2.50. The van der Waals surface area contributed by atoms with Crippen molar-refractivity contribution in [3.8, 4) is 0 Å². The first-order chi connectivity index (χ1) is 5.40. The van der Waals surface area contributed by atoms with Crippen LogP contribution in [-0.2, 0) is 6.54 Å². The Morgan fingerprint density at radius 1 is 1.42 bits per heavy atom. The van der Waals surface area contributed by atoms with E-state index in [0.717, 1.165) is 16.6 Å². The van der Waals surface area contributed by atoms with E-state index in [0.29, 0.717) is 6.54 Å². The van der Waals surface area contributed by atoms with Crippen LogP contribution in [0.4, 0.5) is 0 Å². The van der Waals surface area contributed by atoms with Gasteiger partial charge in [0.2, 0.25) is 0 Å². The molecule has 0 aliphatic carbocycles. The van der Waals surface area contributed by atoms with Crippen LogP contribution in [0.15, 0.2) is 18.5 Å². The van der Waals surface area contributed by atoms with Gasteiger partial charge >= 0.3 is 0 Å². The molecule has 0 spiro atoms. The number of pyridine rings is 1. The molecule has 0 radical (unpaired) electrons. The zero-order valence-electron chi connectivity index (χ0n) is 6.32. The number of nitrogens with two attached hydrogens (primary N) is 1. The second-order valence-corrected chi connectivity index (χ2v) is 2.35. The molecule has 0 amide bonds. The van der Waals surface area contributed by atoms with Gasteiger partial charge in [0.25, 0.3) is 0 Å². The van der Waals surface area contributed by atoms with E-state index in [1.165, 1.54) is 0 Å². The number of rotatable bonds is 1. The molecule has 0 saturated heterocycles. The van der Waals surface area contributed by atoms with Crippen LogP contribution in [0, 0.1) is 0 Å². The van der Waals surface area contributed by atoms with Crippen LogP contribution < -0.4 is 5.73 Å². The Balaban J connectivity index is 0.000000720. The van der Waals surface area contributed by atoms with Crippen molar-refractivity contribution in [2.45, 2.75) is 6.54 Å². The predicted molar refractivity (Wildman–Crippen MR) is 49.0 cm³/mol. The highest BCUT2D eigenvalue weighted by atomic mass is 35.5. The highest BCUT2D eigenvalue weighted by molar-refractivity contribution is 5.85. The molecular weight excluding hydrogens is 176 g/mol. The topological polar surface area (TPSA) is 67.6 Å². The van der Waals surface area contributed by atoms with Crippen molar-refractivity contribution < 1.29 is 0 Å². The zero-order valence-corrected chi connectivity index (χ0v) is 7.14. The molecule has 4 nitrogen and oxygen atoms in total. The van der Waals surface area contributed by atoms with Crippen LogP contribution in [-0.4, -0.2) is 15.2 Å². The van der Waals surface area contributed by atoms with Crippen molar-refractivity contribution in [1.82, 2.24) is 15.2 Å². The average molecular weight is 185 g/mol. The molecule has 2 aromatic rings. The number of aromatic nitrogens is 3. The first-order valence-corrected chi connectivity index (χ1v) is 3.38. The van der Waals surface area contributed by atoms with Gasteiger partial charge in [-0.25, -0.2) is 0 Å². The number of nitrogens with zero attached hydrogens (tertiary/aromatic N) is 2. The number of hydrogen-bond acceptors (Lipinski definition) is 3. The quantitative estimate of drug-likeness (QED) is 0.690. The fourth-order valence-corrected chi connectivity index (χ4v) is 0.986. The second kappa shape index (κ2) is 3.51. The van der Waals surface area contributed by atoms with Crippen LogP contribution >= 0.6 is 12.4 Å². The molecule has 0 unspecified atom stereocenters. The van der Waals surface area contributed by atoms with Gasteiger partial charge in [-0.1, -0.05) is 0 Å². The predicted octanol–water partition coefficient (Wildman–Crippen LogP) is 0.838. The minimum Gasteiger partial charge on any atom is -0.326 e. The molecule has 64 valence electrons. The van der Waals surface area contributed by atoms with Crippen molar-refractivity contribution in [1.29, 1.82) is 0 Å². The SMILES string of the molecule is Cl.NCc1cnc2cn[nH]c2c1. The summed E-state index contributed by atoms with van der Waals surface area (Å²) in [6.07, 6.45) is 3.45. The smallest absolute Gasteiger partial charge is 0.108 e. The van der Waals surface area contributed by atoms with Crippen molar-refractivity contribution in [2.24, 2.45) is 5.73 Å². The summed E-state index contributed by atoms with van der Waals surface area (Å²) in [4.78, 5) is 4.14. The number of nitrogens with one attached hydrogen (secondary N) is 1. The fourth-order valence-electron chi connectivity index (χ4n) is 0.986. The van der Waals surface area contributed by atoms with Crippen molar-refractivity contribution in [3.63, 3.8) is 0 Å². The van der Waals surface area contributed by atoms with Crippen LogP contribution in [0.25, 0.3) is 11.0 Å². The highest BCUT2D eigenvalue weighted by Gasteiger charge is 1.96. The number of halogens is 1. The molecule has 0 aliphatic rings. The van der Waals surface area contributed by atoms with Gasteiger partial charge in [-0.15, -0.1) is 12.4 Å². The third-order valence-corrected chi connectivity index (χ3v) is 1.58. The largest absolute Gasteiger partial charge is 0.326 e. The van der Waals surface area contributed by atoms with E-state index in [4.69, 9.17) is 5.73 Å². The molecule has 0 aromatic carbocycles. The summed E-state index contributed by atoms with van der Waals surface area (Å²) in [5, 5.41) is 6.67. The lowest BCUT2D eigenvalue weighted by molar-refractivity contribution is 1.05. The Hall–Kier alpha value is -1.13. The normalized spacial score (nSPS) is 9.75. The monoisotopic (exact) mass is 184 g/mol. The molecule has 3 N–H and O–H groups in total. The van der Waals surface area contributed by atoms with Gasteiger partial charge in [-0.2, -0.15) is 5.10 Å². The number of aromatic amines is 1. The second-order valence-electron chi connectivity index (χ2n) is 2.35. The standard InChI is InChI=1S/C7H8N4.ClH/c8-2-5-1-6-7(9-3-5)4-10-11-6;/h1,3-4H,2,8H2,(H,10,11);1H. The first-order valence-electron chi connectivity index (χ1n) is 3.38. The highest BCUT2D eigenvalue weighted by Crippen LogP contribution is 2.07. The Morgan fingerprint density at radius 3 is 3.00 bits per heavy atom. The van der Waals surface area contributed by atoms with Crippen LogP contribution in [0.3, 0.4) is 0 Å². The van der Waals surface area contributed by atoms with Gasteiger partial charge in [0, 0.05) is 12.7 Å². The summed E-state index contributed by atoms with van der Waals surface area (Å²) in [5.74, 6) is 0. The molecule has 2 rings (SSSR count). The number of hydrogen-bond donors (Lipinski definition) is 2. The van der Waals surface area contributed by atoms with Crippen LogP contribution in [0.5, 0.6) is 0 Å². The summed E-state index contributed by atoms with van der Waals surface area (Å²) < 4.78 is 0. The molecule has 0 saturated carbocycles. The number of fused-ring (bicyclic) bond motifs is 1. The van der Waals surface area contributed by atoms with Gasteiger partial charge < -0.3 is 5.73 Å².